The van der Waals surface area contributed by atoms with Gasteiger partial charge in [0.1, 0.15) is 4.88 Å². The second-order valence-corrected chi connectivity index (χ2v) is 8.90. The Kier molecular flexibility index (Phi) is 8.41. The first-order valence-electron chi connectivity index (χ1n) is 10.2. The third-order valence-corrected chi connectivity index (χ3v) is 6.78. The van der Waals surface area contributed by atoms with E-state index in [9.17, 15) is 14.7 Å². The minimum absolute atomic E-state index is 0.00474. The molecule has 1 saturated carbocycles. The number of nitrogens with two attached hydrogens (primary N) is 1. The van der Waals surface area contributed by atoms with E-state index in [-0.39, 0.29) is 29.3 Å². The lowest BCUT2D eigenvalue weighted by Gasteiger charge is -2.34. The maximum Gasteiger partial charge on any atom is 0.348 e. The predicted octanol–water partition coefficient (Wildman–Crippen LogP) is 5.10. The van der Waals surface area contributed by atoms with Crippen LogP contribution in [0.2, 0.25) is 0 Å². The first-order chi connectivity index (χ1) is 13.8. The zero-order valence-corrected chi connectivity index (χ0v) is 18.4. The molecule has 1 aromatic heterocycles. The van der Waals surface area contributed by atoms with E-state index in [1.807, 2.05) is 38.1 Å². The molecule has 1 unspecified atom stereocenters. The summed E-state index contributed by atoms with van der Waals surface area (Å²) in [4.78, 5) is 28.0. The first-order valence-corrected chi connectivity index (χ1v) is 11.0. The molecule has 1 atom stereocenters. The molecule has 1 amide bonds. The average molecular weight is 417 g/mol. The molecule has 1 aromatic rings. The SMILES string of the molecule is C=C/C=C/C=C(\C)c1cc(N(C(=O)C2CCC(C)CC2)C(C)CN)c(C(=O)O)s1. The summed E-state index contributed by atoms with van der Waals surface area (Å²) in [6.45, 7) is 9.93. The minimum Gasteiger partial charge on any atom is -0.477 e. The number of hydrogen-bond donors (Lipinski definition) is 2. The summed E-state index contributed by atoms with van der Waals surface area (Å²) in [6.07, 6.45) is 11.0. The highest BCUT2D eigenvalue weighted by Crippen LogP contribution is 2.38. The van der Waals surface area contributed by atoms with E-state index in [1.165, 1.54) is 11.3 Å². The van der Waals surface area contributed by atoms with Crippen molar-refractivity contribution in [2.45, 2.75) is 52.5 Å². The van der Waals surface area contributed by atoms with Gasteiger partial charge in [0.2, 0.25) is 5.91 Å². The quantitative estimate of drug-likeness (QED) is 0.578. The van der Waals surface area contributed by atoms with Crippen molar-refractivity contribution in [3.8, 4) is 0 Å². The lowest BCUT2D eigenvalue weighted by atomic mass is 9.82. The van der Waals surface area contributed by atoms with Crippen molar-refractivity contribution in [3.63, 3.8) is 0 Å². The summed E-state index contributed by atoms with van der Waals surface area (Å²) >= 11 is 1.19. The Balaban J connectivity index is 2.45. The van der Waals surface area contributed by atoms with Crippen LogP contribution in [0.4, 0.5) is 5.69 Å². The highest BCUT2D eigenvalue weighted by molar-refractivity contribution is 7.15. The summed E-state index contributed by atoms with van der Waals surface area (Å²) < 4.78 is 0. The Hall–Kier alpha value is -2.18. The van der Waals surface area contributed by atoms with E-state index in [0.717, 1.165) is 36.1 Å². The molecule has 5 nitrogen and oxygen atoms in total. The number of carbonyl (C=O) groups excluding carboxylic acids is 1. The Morgan fingerprint density at radius 1 is 1.34 bits per heavy atom. The molecule has 158 valence electrons. The van der Waals surface area contributed by atoms with Crippen LogP contribution in [0.5, 0.6) is 0 Å². The van der Waals surface area contributed by atoms with Gasteiger partial charge >= 0.3 is 5.97 Å². The highest BCUT2D eigenvalue weighted by Gasteiger charge is 2.34. The van der Waals surface area contributed by atoms with Crippen molar-refractivity contribution in [2.75, 3.05) is 11.4 Å². The average Bonchev–Trinajstić information content (AvgIpc) is 3.14. The number of anilines is 1. The summed E-state index contributed by atoms with van der Waals surface area (Å²) in [6, 6.07) is 1.55. The van der Waals surface area contributed by atoms with Crippen LogP contribution in [0.25, 0.3) is 5.57 Å². The number of thiophene rings is 1. The van der Waals surface area contributed by atoms with Gasteiger partial charge in [0.15, 0.2) is 0 Å². The number of hydrogen-bond acceptors (Lipinski definition) is 4. The van der Waals surface area contributed by atoms with Gasteiger partial charge in [-0.15, -0.1) is 11.3 Å². The van der Waals surface area contributed by atoms with Crippen LogP contribution in [0.15, 0.2) is 36.9 Å². The minimum atomic E-state index is -1.02. The van der Waals surface area contributed by atoms with Gasteiger partial charge in [0.25, 0.3) is 0 Å². The molecule has 1 heterocycles. The smallest absolute Gasteiger partial charge is 0.348 e. The second-order valence-electron chi connectivity index (χ2n) is 7.85. The fourth-order valence-corrected chi connectivity index (χ4v) is 4.62. The third kappa shape index (κ3) is 5.67. The van der Waals surface area contributed by atoms with Crippen molar-refractivity contribution in [2.24, 2.45) is 17.6 Å². The van der Waals surface area contributed by atoms with Crippen LogP contribution >= 0.6 is 11.3 Å². The number of rotatable bonds is 8. The van der Waals surface area contributed by atoms with Gasteiger partial charge in [-0.1, -0.05) is 37.8 Å². The van der Waals surface area contributed by atoms with Gasteiger partial charge < -0.3 is 15.7 Å². The van der Waals surface area contributed by atoms with Gasteiger partial charge in [0, 0.05) is 23.4 Å². The maximum absolute atomic E-state index is 13.4. The number of aromatic carboxylic acids is 1. The molecule has 0 spiro atoms. The highest BCUT2D eigenvalue weighted by atomic mass is 32.1. The molecule has 1 fully saturated rings. The Morgan fingerprint density at radius 2 is 2.00 bits per heavy atom. The zero-order chi connectivity index (χ0) is 21.6. The second kappa shape index (κ2) is 10.6. The van der Waals surface area contributed by atoms with Crippen molar-refractivity contribution in [3.05, 3.63) is 46.7 Å². The summed E-state index contributed by atoms with van der Waals surface area (Å²) in [5.41, 5.74) is 7.30. The zero-order valence-electron chi connectivity index (χ0n) is 17.6. The van der Waals surface area contributed by atoms with Crippen molar-refractivity contribution >= 4 is 34.5 Å². The lowest BCUT2D eigenvalue weighted by molar-refractivity contribution is -0.123. The van der Waals surface area contributed by atoms with E-state index < -0.39 is 5.97 Å². The molecular formula is C23H32N2O3S. The summed E-state index contributed by atoms with van der Waals surface area (Å²) in [5, 5.41) is 9.80. The molecule has 0 bridgehead atoms. The Labute approximate surface area is 177 Å². The fraction of sp³-hybridized carbons (Fsp3) is 0.478. The van der Waals surface area contributed by atoms with Crippen molar-refractivity contribution in [1.29, 1.82) is 0 Å². The molecule has 0 saturated heterocycles. The van der Waals surface area contributed by atoms with Crippen LogP contribution in [0.1, 0.15) is 61.0 Å². The molecular weight excluding hydrogens is 384 g/mol. The van der Waals surface area contributed by atoms with Gasteiger partial charge in [-0.05, 0) is 57.1 Å². The number of amides is 1. The standard InChI is InChI=1S/C23H32N2O3S/c1-5-6-7-8-16(3)20-13-19(21(29-20)23(27)28)25(17(4)14-24)22(26)18-11-9-15(2)10-12-18/h5-8,13,15,17-18H,1,9-12,14,24H2,2-4H3,(H,27,28)/b7-6+,16-8+. The van der Waals surface area contributed by atoms with Crippen LogP contribution < -0.4 is 10.6 Å². The molecule has 3 N–H and O–H groups in total. The number of allylic oxidation sites excluding steroid dienone is 5. The Morgan fingerprint density at radius 3 is 2.55 bits per heavy atom. The van der Waals surface area contributed by atoms with E-state index in [0.29, 0.717) is 11.6 Å². The molecule has 0 aromatic carbocycles. The third-order valence-electron chi connectivity index (χ3n) is 5.53. The number of carboxylic acid groups (broad SMARTS) is 1. The van der Waals surface area contributed by atoms with Crippen LogP contribution in [-0.4, -0.2) is 29.6 Å². The van der Waals surface area contributed by atoms with E-state index in [4.69, 9.17) is 5.73 Å². The van der Waals surface area contributed by atoms with Crippen LogP contribution in [0, 0.1) is 11.8 Å². The van der Waals surface area contributed by atoms with E-state index in [2.05, 4.69) is 13.5 Å². The Bertz CT molecular complexity index is 801. The number of carboxylic acids is 1. The number of carbonyl (C=O) groups is 2. The van der Waals surface area contributed by atoms with Gasteiger partial charge in [-0.25, -0.2) is 4.79 Å². The molecule has 2 rings (SSSR count). The fourth-order valence-electron chi connectivity index (χ4n) is 3.65. The number of nitrogens with zero attached hydrogens (tertiary/aromatic N) is 1. The molecule has 0 aliphatic heterocycles. The molecule has 0 radical (unpaired) electrons. The molecule has 6 heteroatoms. The van der Waals surface area contributed by atoms with Gasteiger partial charge in [0.05, 0.1) is 5.69 Å². The largest absolute Gasteiger partial charge is 0.477 e. The van der Waals surface area contributed by atoms with Crippen LogP contribution in [-0.2, 0) is 4.79 Å². The lowest BCUT2D eigenvalue weighted by Crippen LogP contribution is -2.46. The molecule has 1 aliphatic rings. The van der Waals surface area contributed by atoms with E-state index in [1.54, 1.807) is 11.0 Å². The first kappa shape index (κ1) is 23.1. The predicted molar refractivity (Wildman–Crippen MR) is 121 cm³/mol. The monoisotopic (exact) mass is 416 g/mol. The van der Waals surface area contributed by atoms with Crippen LogP contribution in [0.3, 0.4) is 0 Å². The summed E-state index contributed by atoms with van der Waals surface area (Å²) in [5.74, 6) is -0.463. The van der Waals surface area contributed by atoms with Crippen molar-refractivity contribution < 1.29 is 14.7 Å². The van der Waals surface area contributed by atoms with Gasteiger partial charge in [-0.2, -0.15) is 0 Å². The van der Waals surface area contributed by atoms with Crippen molar-refractivity contribution in [1.82, 2.24) is 0 Å². The van der Waals surface area contributed by atoms with Gasteiger partial charge in [-0.3, -0.25) is 4.79 Å². The normalized spacial score (nSPS) is 21.2. The molecule has 29 heavy (non-hydrogen) atoms. The van der Waals surface area contributed by atoms with E-state index >= 15 is 0 Å². The molecule has 1 aliphatic carbocycles. The maximum atomic E-state index is 13.4. The topological polar surface area (TPSA) is 83.6 Å². The summed E-state index contributed by atoms with van der Waals surface area (Å²) in [7, 11) is 0.